The quantitative estimate of drug-likeness (QED) is 0.0603. The maximum absolute atomic E-state index is 14.2. The summed E-state index contributed by atoms with van der Waals surface area (Å²) in [6.45, 7) is 16.1. The fourth-order valence-corrected chi connectivity index (χ4v) is 8.52. The van der Waals surface area contributed by atoms with Crippen molar-refractivity contribution in [3.8, 4) is 10.4 Å². The third kappa shape index (κ3) is 11.4. The van der Waals surface area contributed by atoms with E-state index in [4.69, 9.17) is 9.47 Å². The van der Waals surface area contributed by atoms with E-state index in [9.17, 15) is 19.5 Å². The minimum Gasteiger partial charge on any atom is -0.391 e. The van der Waals surface area contributed by atoms with Crippen molar-refractivity contribution in [2.75, 3.05) is 39.5 Å². The van der Waals surface area contributed by atoms with Crippen LogP contribution in [0.25, 0.3) is 32.2 Å². The van der Waals surface area contributed by atoms with E-state index >= 15 is 0 Å². The average Bonchev–Trinajstić information content (AvgIpc) is 3.93. The van der Waals surface area contributed by atoms with E-state index in [-0.39, 0.29) is 49.6 Å². The SMILES string of the molecule is C=C(N[C@@H](C)c1ccc(-c2scnc2C)cc1)[C@@H]1C[C@@H](O)CN1C(=O)[C@@H](CC(=O)CCOCCOCCNC(=O)CCc1ccc2c(c1)[nH]c1ccncc12)C(C)(C)C. The molecule has 1 aliphatic heterocycles. The molecule has 0 aliphatic carbocycles. The summed E-state index contributed by atoms with van der Waals surface area (Å²) in [5.41, 5.74) is 8.39. The van der Waals surface area contributed by atoms with Crippen LogP contribution in [-0.2, 0) is 30.3 Å². The first kappa shape index (κ1) is 43.6. The van der Waals surface area contributed by atoms with Crippen molar-refractivity contribution in [3.63, 3.8) is 0 Å². The molecule has 0 radical (unpaired) electrons. The number of Topliss-reactive ketones (excluding diaryl/α,β-unsaturated/α-hetero) is 1. The molecule has 13 heteroatoms. The number of nitrogens with zero attached hydrogens (tertiary/aromatic N) is 3. The Morgan fingerprint density at radius 3 is 2.51 bits per heavy atom. The number of aliphatic hydroxyl groups is 1. The molecule has 314 valence electrons. The normalized spacial score (nSPS) is 16.7. The highest BCUT2D eigenvalue weighted by Gasteiger charge is 2.43. The van der Waals surface area contributed by atoms with E-state index in [1.807, 2.05) is 45.5 Å². The number of nitrogens with one attached hydrogen (secondary N) is 3. The summed E-state index contributed by atoms with van der Waals surface area (Å²) in [5, 5.41) is 19.3. The van der Waals surface area contributed by atoms with E-state index in [0.717, 1.165) is 49.1 Å². The van der Waals surface area contributed by atoms with Crippen molar-refractivity contribution in [2.45, 2.75) is 84.9 Å². The third-order valence-corrected chi connectivity index (χ3v) is 12.1. The molecule has 59 heavy (non-hydrogen) atoms. The molecule has 3 aromatic heterocycles. The van der Waals surface area contributed by atoms with Gasteiger partial charge in [0, 0.05) is 90.6 Å². The van der Waals surface area contributed by atoms with Crippen molar-refractivity contribution in [2.24, 2.45) is 11.3 Å². The third-order valence-electron chi connectivity index (χ3n) is 11.1. The number of benzene rings is 2. The fraction of sp³-hybridized carbons (Fsp3) is 0.457. The fourth-order valence-electron chi connectivity index (χ4n) is 7.71. The number of pyridine rings is 1. The number of fused-ring (bicyclic) bond motifs is 3. The van der Waals surface area contributed by atoms with Gasteiger partial charge in [0.15, 0.2) is 0 Å². The predicted molar refractivity (Wildman–Crippen MR) is 233 cm³/mol. The van der Waals surface area contributed by atoms with Crippen LogP contribution in [0.3, 0.4) is 0 Å². The summed E-state index contributed by atoms with van der Waals surface area (Å²) in [7, 11) is 0. The van der Waals surface area contributed by atoms with Gasteiger partial charge in [-0.1, -0.05) is 63.7 Å². The second-order valence-corrected chi connectivity index (χ2v) is 17.4. The second kappa shape index (κ2) is 19.9. The van der Waals surface area contributed by atoms with Crippen molar-refractivity contribution >= 4 is 50.7 Å². The molecule has 4 heterocycles. The minimum absolute atomic E-state index is 0.0377. The molecule has 1 fully saturated rings. The number of aromatic nitrogens is 3. The van der Waals surface area contributed by atoms with Gasteiger partial charge in [-0.05, 0) is 54.5 Å². The Bertz CT molecular complexity index is 2230. The number of H-pyrrole nitrogens is 1. The summed E-state index contributed by atoms with van der Waals surface area (Å²) in [5.74, 6) is -0.822. The number of ketones is 1. The zero-order chi connectivity index (χ0) is 42.1. The highest BCUT2D eigenvalue weighted by Crippen LogP contribution is 2.35. The number of ether oxygens (including phenoxy) is 2. The first-order chi connectivity index (χ1) is 28.3. The Hall–Kier alpha value is -4.95. The van der Waals surface area contributed by atoms with Gasteiger partial charge in [0.05, 0.1) is 54.7 Å². The summed E-state index contributed by atoms with van der Waals surface area (Å²) in [4.78, 5) is 54.6. The van der Waals surface area contributed by atoms with Crippen LogP contribution < -0.4 is 10.6 Å². The summed E-state index contributed by atoms with van der Waals surface area (Å²) in [6.07, 6.45) is 4.59. The van der Waals surface area contributed by atoms with E-state index in [0.29, 0.717) is 51.3 Å². The van der Waals surface area contributed by atoms with Crippen LogP contribution in [0.4, 0.5) is 0 Å². The van der Waals surface area contributed by atoms with Crippen LogP contribution in [0.1, 0.15) is 76.2 Å². The molecule has 1 aliphatic rings. The number of hydrogen-bond acceptors (Lipinski definition) is 10. The number of carbonyl (C=O) groups is 3. The topological polar surface area (TPSA) is 159 Å². The molecule has 5 aromatic rings. The minimum atomic E-state index is -0.681. The van der Waals surface area contributed by atoms with Crippen LogP contribution in [0, 0.1) is 18.3 Å². The lowest BCUT2D eigenvalue weighted by molar-refractivity contribution is -0.142. The average molecular weight is 823 g/mol. The molecular formula is C46H58N6O6S. The van der Waals surface area contributed by atoms with E-state index in [1.54, 1.807) is 22.4 Å². The number of β-amino-alcohol motifs (C(OH)–C–C–N with tert-alkyl or cyclic N) is 1. The first-order valence-electron chi connectivity index (χ1n) is 20.5. The zero-order valence-electron chi connectivity index (χ0n) is 34.9. The maximum Gasteiger partial charge on any atom is 0.227 e. The van der Waals surface area contributed by atoms with Gasteiger partial charge in [0.1, 0.15) is 5.78 Å². The van der Waals surface area contributed by atoms with Crippen molar-refractivity contribution in [1.29, 1.82) is 0 Å². The van der Waals surface area contributed by atoms with Crippen LogP contribution in [-0.4, -0.2) is 94.2 Å². The Balaban J connectivity index is 0.872. The molecule has 12 nitrogen and oxygen atoms in total. The number of aromatic amines is 1. The largest absolute Gasteiger partial charge is 0.391 e. The molecule has 4 atom stereocenters. The number of carbonyl (C=O) groups excluding carboxylic acids is 3. The van der Waals surface area contributed by atoms with Gasteiger partial charge in [0.2, 0.25) is 11.8 Å². The van der Waals surface area contributed by atoms with Gasteiger partial charge < -0.3 is 35.1 Å². The van der Waals surface area contributed by atoms with E-state index < -0.39 is 23.5 Å². The molecule has 6 rings (SSSR count). The maximum atomic E-state index is 14.2. The number of rotatable bonds is 20. The lowest BCUT2D eigenvalue weighted by Crippen LogP contribution is -2.47. The van der Waals surface area contributed by atoms with Crippen LogP contribution in [0.5, 0.6) is 0 Å². The summed E-state index contributed by atoms with van der Waals surface area (Å²) in [6, 6.07) is 16.0. The van der Waals surface area contributed by atoms with Gasteiger partial charge in [-0.25, -0.2) is 4.98 Å². The zero-order valence-corrected chi connectivity index (χ0v) is 35.7. The number of hydrogen-bond donors (Lipinski definition) is 4. The van der Waals surface area contributed by atoms with Crippen molar-refractivity contribution < 1.29 is 29.0 Å². The highest BCUT2D eigenvalue weighted by atomic mass is 32.1. The Morgan fingerprint density at radius 2 is 1.78 bits per heavy atom. The number of likely N-dealkylation sites (tertiary alicyclic amines) is 1. The van der Waals surface area contributed by atoms with Crippen molar-refractivity contribution in [1.82, 2.24) is 30.5 Å². The lowest BCUT2D eigenvalue weighted by atomic mass is 9.76. The van der Waals surface area contributed by atoms with Gasteiger partial charge >= 0.3 is 0 Å². The van der Waals surface area contributed by atoms with E-state index in [1.165, 1.54) is 0 Å². The molecule has 2 amide bonds. The molecule has 2 aromatic carbocycles. The monoisotopic (exact) mass is 822 g/mol. The lowest BCUT2D eigenvalue weighted by Gasteiger charge is -2.36. The number of aryl methyl sites for hydroxylation is 2. The van der Waals surface area contributed by atoms with Gasteiger partial charge in [-0.2, -0.15) is 0 Å². The molecule has 4 N–H and O–H groups in total. The molecular weight excluding hydrogens is 765 g/mol. The predicted octanol–water partition coefficient (Wildman–Crippen LogP) is 7.07. The molecule has 0 spiro atoms. The van der Waals surface area contributed by atoms with Gasteiger partial charge in [0.25, 0.3) is 0 Å². The van der Waals surface area contributed by atoms with Crippen LogP contribution >= 0.6 is 11.3 Å². The Morgan fingerprint density at radius 1 is 1.02 bits per heavy atom. The molecule has 0 unspecified atom stereocenters. The standard InChI is InChI=1S/C46H58N6O6S/c1-29(33-9-11-34(12-10-33)44-31(3)49-28-59-44)50-30(2)42-25-36(54)27-52(42)45(56)39(46(4,5)6)24-35(53)16-19-57-21-22-58-20-18-48-43(55)14-8-32-7-13-37-38-26-47-17-15-40(38)51-41(37)23-32/h7,9-13,15,17,23,26,28-29,36,39,42,50-51,54H,2,8,14,16,18-22,24-25,27H2,1,3-6H3,(H,48,55)/t29-,36+,39+,42-/m0/s1. The molecule has 0 bridgehead atoms. The summed E-state index contributed by atoms with van der Waals surface area (Å²) < 4.78 is 11.3. The first-order valence-corrected chi connectivity index (χ1v) is 21.4. The highest BCUT2D eigenvalue weighted by molar-refractivity contribution is 7.13. The Kier molecular flexibility index (Phi) is 14.7. The number of amides is 2. The smallest absolute Gasteiger partial charge is 0.227 e. The van der Waals surface area contributed by atoms with Crippen LogP contribution in [0.2, 0.25) is 0 Å². The number of thiazole rings is 1. The van der Waals surface area contributed by atoms with Gasteiger partial charge in [-0.15, -0.1) is 11.3 Å². The Labute approximate surface area is 350 Å². The summed E-state index contributed by atoms with van der Waals surface area (Å²) >= 11 is 1.62. The van der Waals surface area contributed by atoms with Crippen LogP contribution in [0.15, 0.2) is 78.7 Å². The second-order valence-electron chi connectivity index (χ2n) is 16.6. The number of aliphatic hydroxyl groups excluding tert-OH is 1. The molecule has 1 saturated heterocycles. The van der Waals surface area contributed by atoms with Gasteiger partial charge in [-0.3, -0.25) is 19.4 Å². The van der Waals surface area contributed by atoms with Crippen molar-refractivity contribution in [3.05, 3.63) is 95.5 Å². The van der Waals surface area contributed by atoms with E-state index in [2.05, 4.69) is 81.6 Å². The molecule has 0 saturated carbocycles.